The summed E-state index contributed by atoms with van der Waals surface area (Å²) in [7, 11) is 2.13. The van der Waals surface area contributed by atoms with Crippen LogP contribution in [0, 0.1) is 0 Å². The van der Waals surface area contributed by atoms with Crippen LogP contribution in [0.3, 0.4) is 0 Å². The van der Waals surface area contributed by atoms with Crippen LogP contribution in [0.2, 0.25) is 0 Å². The molecular formula is C13H16N4O. The van der Waals surface area contributed by atoms with Crippen LogP contribution < -0.4 is 5.56 Å². The molecule has 0 radical (unpaired) electrons. The third kappa shape index (κ3) is 2.01. The highest BCUT2D eigenvalue weighted by molar-refractivity contribution is 5.36. The zero-order chi connectivity index (χ0) is 12.5. The molecule has 5 nitrogen and oxygen atoms in total. The molecule has 1 aliphatic heterocycles. The van der Waals surface area contributed by atoms with Crippen LogP contribution in [0.5, 0.6) is 0 Å². The lowest BCUT2D eigenvalue weighted by molar-refractivity contribution is 0.253. The van der Waals surface area contributed by atoms with Crippen molar-refractivity contribution in [2.75, 3.05) is 20.1 Å². The maximum Gasteiger partial charge on any atom is 0.274 e. The Labute approximate surface area is 105 Å². The van der Waals surface area contributed by atoms with Crippen molar-refractivity contribution < 1.29 is 0 Å². The fraction of sp³-hybridized carbons (Fsp3) is 0.462. The van der Waals surface area contributed by atoms with E-state index < -0.39 is 0 Å². The molecule has 1 aliphatic rings. The van der Waals surface area contributed by atoms with E-state index in [0.717, 1.165) is 31.6 Å². The molecule has 1 fully saturated rings. The molecule has 18 heavy (non-hydrogen) atoms. The molecule has 2 aromatic heterocycles. The maximum atomic E-state index is 12.0. The molecule has 0 saturated carbocycles. The molecule has 0 N–H and O–H groups in total. The summed E-state index contributed by atoms with van der Waals surface area (Å²) in [6.45, 7) is 2.14. The minimum atomic E-state index is -0.0884. The van der Waals surface area contributed by atoms with Crippen molar-refractivity contribution in [3.8, 4) is 0 Å². The van der Waals surface area contributed by atoms with E-state index in [1.807, 2.05) is 6.07 Å². The van der Waals surface area contributed by atoms with Crippen molar-refractivity contribution in [1.82, 2.24) is 19.5 Å². The molecule has 0 bridgehead atoms. The molecule has 1 saturated heterocycles. The summed E-state index contributed by atoms with van der Waals surface area (Å²) in [6, 6.07) is 5.27. The number of fused-ring (bicyclic) bond motifs is 1. The lowest BCUT2D eigenvalue weighted by Gasteiger charge is -2.28. The number of piperidine rings is 1. The molecule has 3 rings (SSSR count). The van der Waals surface area contributed by atoms with Crippen LogP contribution in [0.15, 0.2) is 29.2 Å². The van der Waals surface area contributed by atoms with Crippen molar-refractivity contribution in [2.45, 2.75) is 18.8 Å². The SMILES string of the molecule is CN1CCC(c2cc(=O)n3ncccc3n2)CC1. The first-order valence-electron chi connectivity index (χ1n) is 6.27. The lowest BCUT2D eigenvalue weighted by Crippen LogP contribution is -2.30. The van der Waals surface area contributed by atoms with Gasteiger partial charge in [0.1, 0.15) is 0 Å². The first-order chi connectivity index (χ1) is 8.74. The van der Waals surface area contributed by atoms with E-state index in [0.29, 0.717) is 11.6 Å². The highest BCUT2D eigenvalue weighted by Gasteiger charge is 2.20. The van der Waals surface area contributed by atoms with Crippen LogP contribution in [0.4, 0.5) is 0 Å². The second-order valence-corrected chi connectivity index (χ2v) is 4.89. The Morgan fingerprint density at radius 1 is 1.33 bits per heavy atom. The van der Waals surface area contributed by atoms with Crippen LogP contribution >= 0.6 is 0 Å². The third-order valence-electron chi connectivity index (χ3n) is 3.59. The van der Waals surface area contributed by atoms with Gasteiger partial charge in [-0.05, 0) is 45.1 Å². The van der Waals surface area contributed by atoms with E-state index in [1.165, 1.54) is 4.52 Å². The fourth-order valence-corrected chi connectivity index (χ4v) is 2.48. The summed E-state index contributed by atoms with van der Waals surface area (Å²) in [5.74, 6) is 0.402. The molecular weight excluding hydrogens is 228 g/mol. The molecule has 0 amide bonds. The Morgan fingerprint density at radius 2 is 2.11 bits per heavy atom. The van der Waals surface area contributed by atoms with E-state index in [9.17, 15) is 4.79 Å². The monoisotopic (exact) mass is 244 g/mol. The second kappa shape index (κ2) is 4.49. The summed E-state index contributed by atoms with van der Waals surface area (Å²) < 4.78 is 1.35. The maximum absolute atomic E-state index is 12.0. The first-order valence-corrected chi connectivity index (χ1v) is 6.27. The van der Waals surface area contributed by atoms with Crippen LogP contribution in [0.25, 0.3) is 5.65 Å². The Kier molecular flexibility index (Phi) is 2.83. The van der Waals surface area contributed by atoms with Crippen molar-refractivity contribution in [2.24, 2.45) is 0 Å². The molecule has 0 aliphatic carbocycles. The normalized spacial score (nSPS) is 18.3. The van der Waals surface area contributed by atoms with Gasteiger partial charge < -0.3 is 4.90 Å². The van der Waals surface area contributed by atoms with Crippen LogP contribution in [0.1, 0.15) is 24.5 Å². The molecule has 94 valence electrons. The molecule has 0 atom stereocenters. The minimum Gasteiger partial charge on any atom is -0.306 e. The van der Waals surface area contributed by atoms with Gasteiger partial charge in [0, 0.05) is 18.2 Å². The van der Waals surface area contributed by atoms with E-state index >= 15 is 0 Å². The topological polar surface area (TPSA) is 50.5 Å². The number of hydrogen-bond acceptors (Lipinski definition) is 4. The van der Waals surface area contributed by atoms with Gasteiger partial charge in [-0.15, -0.1) is 0 Å². The van der Waals surface area contributed by atoms with Gasteiger partial charge in [0.2, 0.25) is 0 Å². The van der Waals surface area contributed by atoms with Gasteiger partial charge in [0.25, 0.3) is 5.56 Å². The predicted octanol–water partition coefficient (Wildman–Crippen LogP) is 0.899. The van der Waals surface area contributed by atoms with Crippen molar-refractivity contribution in [3.63, 3.8) is 0 Å². The summed E-state index contributed by atoms with van der Waals surface area (Å²) in [5, 5.41) is 4.01. The number of rotatable bonds is 1. The largest absolute Gasteiger partial charge is 0.306 e. The smallest absolute Gasteiger partial charge is 0.274 e. The zero-order valence-corrected chi connectivity index (χ0v) is 10.4. The van der Waals surface area contributed by atoms with E-state index in [2.05, 4.69) is 22.0 Å². The summed E-state index contributed by atoms with van der Waals surface area (Å²) >= 11 is 0. The zero-order valence-electron chi connectivity index (χ0n) is 10.4. The Morgan fingerprint density at radius 3 is 2.89 bits per heavy atom. The second-order valence-electron chi connectivity index (χ2n) is 4.89. The predicted molar refractivity (Wildman–Crippen MR) is 68.7 cm³/mol. The van der Waals surface area contributed by atoms with Crippen LogP contribution in [-0.4, -0.2) is 39.6 Å². The molecule has 0 aromatic carbocycles. The number of hydrogen-bond donors (Lipinski definition) is 0. The number of likely N-dealkylation sites (tertiary alicyclic amines) is 1. The Bertz CT molecular complexity index is 614. The molecule has 0 spiro atoms. The third-order valence-corrected chi connectivity index (χ3v) is 3.59. The van der Waals surface area contributed by atoms with Crippen molar-refractivity contribution in [3.05, 3.63) is 40.4 Å². The van der Waals surface area contributed by atoms with E-state index in [-0.39, 0.29) is 5.56 Å². The minimum absolute atomic E-state index is 0.0884. The van der Waals surface area contributed by atoms with Gasteiger partial charge in [-0.25, -0.2) is 4.98 Å². The van der Waals surface area contributed by atoms with Gasteiger partial charge in [-0.1, -0.05) is 0 Å². The quantitative estimate of drug-likeness (QED) is 0.748. The Balaban J connectivity index is 2.00. The summed E-state index contributed by atoms with van der Waals surface area (Å²) in [4.78, 5) is 18.8. The lowest BCUT2D eigenvalue weighted by atomic mass is 9.93. The van der Waals surface area contributed by atoms with Gasteiger partial charge in [0.15, 0.2) is 5.65 Å². The van der Waals surface area contributed by atoms with Gasteiger partial charge in [-0.2, -0.15) is 9.61 Å². The summed E-state index contributed by atoms with van der Waals surface area (Å²) in [6.07, 6.45) is 3.74. The Hall–Kier alpha value is -1.75. The average molecular weight is 244 g/mol. The van der Waals surface area contributed by atoms with Gasteiger partial charge in [0.05, 0.1) is 5.69 Å². The first kappa shape index (κ1) is 11.3. The van der Waals surface area contributed by atoms with Gasteiger partial charge >= 0.3 is 0 Å². The summed E-state index contributed by atoms with van der Waals surface area (Å²) in [5.41, 5.74) is 1.47. The van der Waals surface area contributed by atoms with Crippen molar-refractivity contribution >= 4 is 5.65 Å². The molecule has 2 aromatic rings. The van der Waals surface area contributed by atoms with Crippen molar-refractivity contribution in [1.29, 1.82) is 0 Å². The standard InChI is InChI=1S/C13H16N4O/c1-16-7-4-10(5-8-16)11-9-13(18)17-12(15-11)3-2-6-14-17/h2-3,6,9-10H,4-5,7-8H2,1H3. The molecule has 0 unspecified atom stereocenters. The van der Waals surface area contributed by atoms with Gasteiger partial charge in [-0.3, -0.25) is 4.79 Å². The highest BCUT2D eigenvalue weighted by atomic mass is 16.1. The number of nitrogens with zero attached hydrogens (tertiary/aromatic N) is 4. The number of aromatic nitrogens is 3. The fourth-order valence-electron chi connectivity index (χ4n) is 2.48. The molecule has 5 heteroatoms. The average Bonchev–Trinajstić information content (AvgIpc) is 2.39. The molecule has 3 heterocycles. The van der Waals surface area contributed by atoms with Crippen LogP contribution in [-0.2, 0) is 0 Å². The van der Waals surface area contributed by atoms with E-state index in [4.69, 9.17) is 0 Å². The van der Waals surface area contributed by atoms with E-state index in [1.54, 1.807) is 18.3 Å². The highest BCUT2D eigenvalue weighted by Crippen LogP contribution is 2.25.